The van der Waals surface area contributed by atoms with Crippen molar-refractivity contribution in [1.29, 1.82) is 0 Å². The van der Waals surface area contributed by atoms with Gasteiger partial charge >= 0.3 is 6.36 Å². The first kappa shape index (κ1) is 17.4. The molecule has 2 rings (SSSR count). The maximum atomic E-state index is 12.1. The van der Waals surface area contributed by atoms with Crippen molar-refractivity contribution >= 4 is 11.6 Å². The molecule has 0 spiro atoms. The highest BCUT2D eigenvalue weighted by Gasteiger charge is 2.30. The lowest BCUT2D eigenvalue weighted by atomic mass is 10.3. The molecule has 9 heteroatoms. The SMILES string of the molecule is NC(=NCCN1CCOCC1)Nc1ccc(OC(F)(F)F)cc1. The number of alkyl halides is 3. The van der Waals surface area contributed by atoms with Gasteiger partial charge in [-0.15, -0.1) is 13.2 Å². The Morgan fingerprint density at radius 1 is 1.26 bits per heavy atom. The van der Waals surface area contributed by atoms with Crippen molar-refractivity contribution in [3.63, 3.8) is 0 Å². The van der Waals surface area contributed by atoms with Gasteiger partial charge in [0.15, 0.2) is 5.96 Å². The van der Waals surface area contributed by atoms with Gasteiger partial charge in [0.05, 0.1) is 19.8 Å². The quantitative estimate of drug-likeness (QED) is 0.634. The van der Waals surface area contributed by atoms with E-state index in [-0.39, 0.29) is 11.7 Å². The highest BCUT2D eigenvalue weighted by atomic mass is 19.4. The van der Waals surface area contributed by atoms with E-state index in [2.05, 4.69) is 19.9 Å². The van der Waals surface area contributed by atoms with Crippen LogP contribution in [0.5, 0.6) is 5.75 Å². The number of morpholine rings is 1. The summed E-state index contributed by atoms with van der Waals surface area (Å²) < 4.78 is 45.2. The Labute approximate surface area is 132 Å². The molecule has 6 nitrogen and oxygen atoms in total. The van der Waals surface area contributed by atoms with Gasteiger partial charge in [-0.1, -0.05) is 0 Å². The van der Waals surface area contributed by atoms with Crippen molar-refractivity contribution in [3.05, 3.63) is 24.3 Å². The summed E-state index contributed by atoms with van der Waals surface area (Å²) in [7, 11) is 0. The smallest absolute Gasteiger partial charge is 0.406 e. The summed E-state index contributed by atoms with van der Waals surface area (Å²) >= 11 is 0. The number of nitrogens with zero attached hydrogens (tertiary/aromatic N) is 2. The van der Waals surface area contributed by atoms with Crippen LogP contribution < -0.4 is 15.8 Å². The van der Waals surface area contributed by atoms with Gasteiger partial charge in [0, 0.05) is 25.3 Å². The second-order valence-corrected chi connectivity index (χ2v) is 4.92. The summed E-state index contributed by atoms with van der Waals surface area (Å²) in [5.74, 6) is -0.0753. The molecule has 0 saturated carbocycles. The minimum Gasteiger partial charge on any atom is -0.406 e. The summed E-state index contributed by atoms with van der Waals surface area (Å²) in [6.07, 6.45) is -4.70. The number of nitrogens with two attached hydrogens (primary N) is 1. The number of ether oxygens (including phenoxy) is 2. The molecule has 128 valence electrons. The van der Waals surface area contributed by atoms with Crippen molar-refractivity contribution in [2.45, 2.75) is 6.36 Å². The molecule has 0 unspecified atom stereocenters. The number of aliphatic imine (C=N–C) groups is 1. The number of guanidine groups is 1. The summed E-state index contributed by atoms with van der Waals surface area (Å²) in [4.78, 5) is 6.41. The molecule has 1 saturated heterocycles. The topological polar surface area (TPSA) is 72.1 Å². The van der Waals surface area contributed by atoms with Gasteiger partial charge in [-0.2, -0.15) is 0 Å². The third kappa shape index (κ3) is 6.74. The summed E-state index contributed by atoms with van der Waals surface area (Å²) in [6.45, 7) is 4.53. The van der Waals surface area contributed by atoms with Gasteiger partial charge < -0.3 is 20.5 Å². The fourth-order valence-electron chi connectivity index (χ4n) is 2.06. The monoisotopic (exact) mass is 332 g/mol. The molecule has 1 aromatic carbocycles. The first-order valence-electron chi connectivity index (χ1n) is 7.15. The van der Waals surface area contributed by atoms with E-state index in [9.17, 15) is 13.2 Å². The first-order valence-corrected chi connectivity index (χ1v) is 7.15. The van der Waals surface area contributed by atoms with Crippen LogP contribution in [0.1, 0.15) is 0 Å². The predicted octanol–water partition coefficient (Wildman–Crippen LogP) is 1.64. The first-order chi connectivity index (χ1) is 10.9. The van der Waals surface area contributed by atoms with Gasteiger partial charge in [0.25, 0.3) is 0 Å². The third-order valence-electron chi connectivity index (χ3n) is 3.16. The zero-order valence-corrected chi connectivity index (χ0v) is 12.5. The van der Waals surface area contributed by atoms with E-state index in [1.807, 2.05) is 0 Å². The Morgan fingerprint density at radius 3 is 2.52 bits per heavy atom. The normalized spacial score (nSPS) is 17.1. The van der Waals surface area contributed by atoms with Crippen LogP contribution in [-0.2, 0) is 4.74 Å². The lowest BCUT2D eigenvalue weighted by Gasteiger charge is -2.25. The zero-order valence-electron chi connectivity index (χ0n) is 12.5. The molecule has 3 N–H and O–H groups in total. The second kappa shape index (κ2) is 8.02. The lowest BCUT2D eigenvalue weighted by Crippen LogP contribution is -2.38. The highest BCUT2D eigenvalue weighted by molar-refractivity contribution is 5.92. The Balaban J connectivity index is 1.77. The van der Waals surface area contributed by atoms with Crippen LogP contribution >= 0.6 is 0 Å². The Bertz CT molecular complexity index is 514. The minimum absolute atomic E-state index is 0.211. The molecule has 0 amide bonds. The zero-order chi connectivity index (χ0) is 16.7. The van der Waals surface area contributed by atoms with Crippen molar-refractivity contribution in [2.24, 2.45) is 10.7 Å². The Kier molecular flexibility index (Phi) is 6.05. The number of rotatable bonds is 5. The van der Waals surface area contributed by atoms with E-state index >= 15 is 0 Å². The van der Waals surface area contributed by atoms with Crippen LogP contribution in [0, 0.1) is 0 Å². The predicted molar refractivity (Wildman–Crippen MR) is 80.5 cm³/mol. The molecule has 0 aromatic heterocycles. The number of halogens is 3. The van der Waals surface area contributed by atoms with Crippen LogP contribution in [0.15, 0.2) is 29.3 Å². The third-order valence-corrected chi connectivity index (χ3v) is 3.16. The molecule has 1 aliphatic heterocycles. The molecular formula is C14H19F3N4O2. The van der Waals surface area contributed by atoms with Gasteiger partial charge in [-0.25, -0.2) is 0 Å². The maximum absolute atomic E-state index is 12.1. The largest absolute Gasteiger partial charge is 0.573 e. The molecule has 1 fully saturated rings. The van der Waals surface area contributed by atoms with Crippen LogP contribution in [0.25, 0.3) is 0 Å². The second-order valence-electron chi connectivity index (χ2n) is 4.92. The average molecular weight is 332 g/mol. The minimum atomic E-state index is -4.70. The van der Waals surface area contributed by atoms with Gasteiger partial charge in [0.1, 0.15) is 5.75 Å². The lowest BCUT2D eigenvalue weighted by molar-refractivity contribution is -0.274. The number of benzene rings is 1. The molecular weight excluding hydrogens is 313 g/mol. The van der Waals surface area contributed by atoms with Crippen molar-refractivity contribution in [3.8, 4) is 5.75 Å². The maximum Gasteiger partial charge on any atom is 0.573 e. The molecule has 0 atom stereocenters. The standard InChI is InChI=1S/C14H19F3N4O2/c15-14(16,17)23-12-3-1-11(2-4-12)20-13(18)19-5-6-21-7-9-22-10-8-21/h1-4H,5-10H2,(H3,18,19,20). The summed E-state index contributed by atoms with van der Waals surface area (Å²) in [5.41, 5.74) is 6.28. The van der Waals surface area contributed by atoms with Crippen LogP contribution in [0.3, 0.4) is 0 Å². The van der Waals surface area contributed by atoms with Crippen molar-refractivity contribution < 1.29 is 22.6 Å². The number of hydrogen-bond acceptors (Lipinski definition) is 4. The van der Waals surface area contributed by atoms with E-state index in [1.165, 1.54) is 24.3 Å². The van der Waals surface area contributed by atoms with E-state index < -0.39 is 6.36 Å². The van der Waals surface area contributed by atoms with E-state index in [1.54, 1.807) is 0 Å². The van der Waals surface area contributed by atoms with Crippen molar-refractivity contribution in [1.82, 2.24) is 4.90 Å². The Hall–Kier alpha value is -2.00. The summed E-state index contributed by atoms with van der Waals surface area (Å²) in [6, 6.07) is 5.28. The molecule has 0 radical (unpaired) electrons. The molecule has 23 heavy (non-hydrogen) atoms. The Morgan fingerprint density at radius 2 is 1.91 bits per heavy atom. The molecule has 1 heterocycles. The molecule has 1 aliphatic rings. The van der Waals surface area contributed by atoms with Gasteiger partial charge in [-0.05, 0) is 24.3 Å². The van der Waals surface area contributed by atoms with E-state index in [0.717, 1.165) is 32.8 Å². The fourth-order valence-corrected chi connectivity index (χ4v) is 2.06. The molecule has 0 aliphatic carbocycles. The average Bonchev–Trinajstić information content (AvgIpc) is 2.49. The van der Waals surface area contributed by atoms with Crippen molar-refractivity contribution in [2.75, 3.05) is 44.7 Å². The highest BCUT2D eigenvalue weighted by Crippen LogP contribution is 2.23. The van der Waals surface area contributed by atoms with Crippen LogP contribution in [0.4, 0.5) is 18.9 Å². The van der Waals surface area contributed by atoms with E-state index in [0.29, 0.717) is 12.2 Å². The number of hydrogen-bond donors (Lipinski definition) is 2. The fraction of sp³-hybridized carbons (Fsp3) is 0.500. The summed E-state index contributed by atoms with van der Waals surface area (Å²) in [5, 5.41) is 2.82. The van der Waals surface area contributed by atoms with Crippen LogP contribution in [0.2, 0.25) is 0 Å². The number of nitrogens with one attached hydrogen (secondary N) is 1. The number of anilines is 1. The molecule has 1 aromatic rings. The molecule has 0 bridgehead atoms. The van der Waals surface area contributed by atoms with Crippen LogP contribution in [-0.4, -0.2) is 56.6 Å². The van der Waals surface area contributed by atoms with E-state index in [4.69, 9.17) is 10.5 Å². The van der Waals surface area contributed by atoms with Gasteiger partial charge in [-0.3, -0.25) is 9.89 Å². The van der Waals surface area contributed by atoms with Gasteiger partial charge in [0.2, 0.25) is 0 Å².